The molecule has 0 atom stereocenters. The standard InChI is InChI=1S/C12H7ClF3NO2/c1-5(18)7-4-17-10-3-8(12(14,15)16)9(13)2-6(10)11(7)19/h2-4H,1H3,(H,17,19). The van der Waals surface area contributed by atoms with E-state index in [-0.39, 0.29) is 16.5 Å². The van der Waals surface area contributed by atoms with Crippen LogP contribution in [-0.4, -0.2) is 10.8 Å². The largest absolute Gasteiger partial charge is 0.417 e. The predicted molar refractivity (Wildman–Crippen MR) is 64.6 cm³/mol. The van der Waals surface area contributed by atoms with Crippen LogP contribution >= 0.6 is 11.6 Å². The maximum absolute atomic E-state index is 12.7. The van der Waals surface area contributed by atoms with Crippen molar-refractivity contribution >= 4 is 28.3 Å². The Morgan fingerprint density at radius 1 is 1.32 bits per heavy atom. The van der Waals surface area contributed by atoms with Crippen LogP contribution in [0.5, 0.6) is 0 Å². The van der Waals surface area contributed by atoms with Crippen LogP contribution in [0.4, 0.5) is 13.2 Å². The van der Waals surface area contributed by atoms with Crippen LogP contribution in [0.1, 0.15) is 22.8 Å². The molecule has 1 aromatic heterocycles. The fraction of sp³-hybridized carbons (Fsp3) is 0.167. The van der Waals surface area contributed by atoms with Gasteiger partial charge in [-0.25, -0.2) is 0 Å². The summed E-state index contributed by atoms with van der Waals surface area (Å²) in [4.78, 5) is 25.6. The molecule has 0 bridgehead atoms. The molecule has 19 heavy (non-hydrogen) atoms. The maximum Gasteiger partial charge on any atom is 0.417 e. The van der Waals surface area contributed by atoms with E-state index in [4.69, 9.17) is 11.6 Å². The lowest BCUT2D eigenvalue weighted by Gasteiger charge is -2.10. The molecule has 0 amide bonds. The molecule has 0 spiro atoms. The Labute approximate surface area is 110 Å². The number of hydrogen-bond donors (Lipinski definition) is 1. The van der Waals surface area contributed by atoms with Crippen LogP contribution in [-0.2, 0) is 6.18 Å². The normalized spacial score (nSPS) is 11.8. The molecule has 0 radical (unpaired) electrons. The topological polar surface area (TPSA) is 49.9 Å². The second-order valence-corrected chi connectivity index (χ2v) is 4.37. The highest BCUT2D eigenvalue weighted by atomic mass is 35.5. The number of rotatable bonds is 1. The molecular formula is C12H7ClF3NO2. The van der Waals surface area contributed by atoms with Crippen LogP contribution in [0.25, 0.3) is 10.9 Å². The lowest BCUT2D eigenvalue weighted by atomic mass is 10.1. The first-order valence-corrected chi connectivity index (χ1v) is 5.52. The summed E-state index contributed by atoms with van der Waals surface area (Å²) < 4.78 is 38.0. The van der Waals surface area contributed by atoms with Gasteiger partial charge in [0.1, 0.15) is 0 Å². The van der Waals surface area contributed by atoms with Crippen molar-refractivity contribution in [2.24, 2.45) is 0 Å². The van der Waals surface area contributed by atoms with Gasteiger partial charge in [-0.15, -0.1) is 0 Å². The van der Waals surface area contributed by atoms with Crippen molar-refractivity contribution < 1.29 is 18.0 Å². The number of Topliss-reactive ketones (excluding diaryl/α,β-unsaturated/α-hetero) is 1. The van der Waals surface area contributed by atoms with E-state index in [1.807, 2.05) is 0 Å². The van der Waals surface area contributed by atoms with Crippen LogP contribution in [0.2, 0.25) is 5.02 Å². The van der Waals surface area contributed by atoms with Crippen LogP contribution in [0.15, 0.2) is 23.1 Å². The van der Waals surface area contributed by atoms with Gasteiger partial charge in [0.15, 0.2) is 11.2 Å². The molecule has 0 aliphatic heterocycles. The van der Waals surface area contributed by atoms with E-state index < -0.39 is 28.0 Å². The summed E-state index contributed by atoms with van der Waals surface area (Å²) in [6.45, 7) is 1.20. The van der Waals surface area contributed by atoms with Gasteiger partial charge in [0, 0.05) is 11.6 Å². The minimum atomic E-state index is -4.61. The van der Waals surface area contributed by atoms with E-state index in [1.165, 1.54) is 6.92 Å². The highest BCUT2D eigenvalue weighted by molar-refractivity contribution is 6.32. The van der Waals surface area contributed by atoms with E-state index >= 15 is 0 Å². The number of fused-ring (bicyclic) bond motifs is 1. The fourth-order valence-corrected chi connectivity index (χ4v) is 1.99. The van der Waals surface area contributed by atoms with Gasteiger partial charge in [-0.3, -0.25) is 9.59 Å². The number of carbonyl (C=O) groups excluding carboxylic acids is 1. The van der Waals surface area contributed by atoms with Crippen molar-refractivity contribution in [2.45, 2.75) is 13.1 Å². The van der Waals surface area contributed by atoms with Crippen molar-refractivity contribution in [3.63, 3.8) is 0 Å². The first kappa shape index (κ1) is 13.6. The molecule has 1 aromatic carbocycles. The number of pyridine rings is 1. The number of aromatic amines is 1. The molecular weight excluding hydrogens is 283 g/mol. The number of aromatic nitrogens is 1. The minimum Gasteiger partial charge on any atom is -0.360 e. The Hall–Kier alpha value is -1.82. The Morgan fingerprint density at radius 2 is 1.95 bits per heavy atom. The quantitative estimate of drug-likeness (QED) is 0.818. The zero-order valence-electron chi connectivity index (χ0n) is 9.56. The molecule has 2 rings (SSSR count). The average molecular weight is 290 g/mol. The number of H-pyrrole nitrogens is 1. The third-order valence-corrected chi connectivity index (χ3v) is 2.97. The molecule has 0 unspecified atom stereocenters. The van der Waals surface area contributed by atoms with Crippen LogP contribution in [0, 0.1) is 0 Å². The predicted octanol–water partition coefficient (Wildman–Crippen LogP) is 3.40. The Bertz CT molecular complexity index is 734. The summed E-state index contributed by atoms with van der Waals surface area (Å²) in [6.07, 6.45) is -3.51. The molecule has 0 fully saturated rings. The van der Waals surface area contributed by atoms with Gasteiger partial charge in [0.25, 0.3) is 0 Å². The van der Waals surface area contributed by atoms with Crippen LogP contribution < -0.4 is 5.43 Å². The highest BCUT2D eigenvalue weighted by Gasteiger charge is 2.33. The summed E-state index contributed by atoms with van der Waals surface area (Å²) >= 11 is 5.53. The SMILES string of the molecule is CC(=O)c1c[nH]c2cc(C(F)(F)F)c(Cl)cc2c1=O. The monoisotopic (exact) mass is 289 g/mol. The maximum atomic E-state index is 12.7. The third kappa shape index (κ3) is 2.35. The van der Waals surface area contributed by atoms with Crippen molar-refractivity contribution in [1.82, 2.24) is 4.98 Å². The summed E-state index contributed by atoms with van der Waals surface area (Å²) in [5.41, 5.74) is -1.82. The van der Waals surface area contributed by atoms with Gasteiger partial charge in [0.2, 0.25) is 0 Å². The smallest absolute Gasteiger partial charge is 0.360 e. The summed E-state index contributed by atoms with van der Waals surface area (Å²) in [5.74, 6) is -0.473. The Balaban J connectivity index is 2.83. The molecule has 1 heterocycles. The average Bonchev–Trinajstić information content (AvgIpc) is 2.27. The first-order valence-electron chi connectivity index (χ1n) is 5.15. The number of alkyl halides is 3. The number of ketones is 1. The van der Waals surface area contributed by atoms with Gasteiger partial charge < -0.3 is 4.98 Å². The van der Waals surface area contributed by atoms with E-state index in [0.717, 1.165) is 18.3 Å². The van der Waals surface area contributed by atoms with Crippen LogP contribution in [0.3, 0.4) is 0 Å². The number of nitrogens with one attached hydrogen (secondary N) is 1. The molecule has 0 saturated carbocycles. The van der Waals surface area contributed by atoms with E-state index in [9.17, 15) is 22.8 Å². The molecule has 2 aromatic rings. The van der Waals surface area contributed by atoms with Crippen molar-refractivity contribution in [3.8, 4) is 0 Å². The molecule has 3 nitrogen and oxygen atoms in total. The second kappa shape index (κ2) is 4.38. The fourth-order valence-electron chi connectivity index (χ4n) is 1.72. The van der Waals surface area contributed by atoms with E-state index in [1.54, 1.807) is 0 Å². The second-order valence-electron chi connectivity index (χ2n) is 3.96. The lowest BCUT2D eigenvalue weighted by molar-refractivity contribution is -0.137. The molecule has 100 valence electrons. The molecule has 0 aliphatic carbocycles. The number of halogens is 4. The minimum absolute atomic E-state index is 0.0216. The summed E-state index contributed by atoms with van der Waals surface area (Å²) in [5, 5.41) is -0.628. The number of benzene rings is 1. The summed E-state index contributed by atoms with van der Waals surface area (Å²) in [7, 11) is 0. The summed E-state index contributed by atoms with van der Waals surface area (Å²) in [6, 6.07) is 1.67. The van der Waals surface area contributed by atoms with Gasteiger partial charge in [-0.2, -0.15) is 13.2 Å². The first-order chi connectivity index (χ1) is 8.71. The molecule has 0 aliphatic rings. The molecule has 0 saturated heterocycles. The van der Waals surface area contributed by atoms with Crippen molar-refractivity contribution in [2.75, 3.05) is 0 Å². The van der Waals surface area contributed by atoms with Crippen molar-refractivity contribution in [3.05, 3.63) is 44.7 Å². The van der Waals surface area contributed by atoms with E-state index in [0.29, 0.717) is 0 Å². The van der Waals surface area contributed by atoms with Gasteiger partial charge in [-0.1, -0.05) is 11.6 Å². The zero-order valence-corrected chi connectivity index (χ0v) is 10.3. The van der Waals surface area contributed by atoms with E-state index in [2.05, 4.69) is 4.98 Å². The van der Waals surface area contributed by atoms with Crippen molar-refractivity contribution in [1.29, 1.82) is 0 Å². The number of hydrogen-bond acceptors (Lipinski definition) is 2. The third-order valence-electron chi connectivity index (χ3n) is 2.65. The van der Waals surface area contributed by atoms with Gasteiger partial charge in [-0.05, 0) is 19.1 Å². The van der Waals surface area contributed by atoms with Gasteiger partial charge in [0.05, 0.1) is 21.7 Å². The Kier molecular flexibility index (Phi) is 3.14. The molecule has 7 heteroatoms. The zero-order chi connectivity index (χ0) is 14.4. The lowest BCUT2D eigenvalue weighted by Crippen LogP contribution is -2.15. The Morgan fingerprint density at radius 3 is 2.47 bits per heavy atom. The molecule has 1 N–H and O–H groups in total. The van der Waals surface area contributed by atoms with Gasteiger partial charge >= 0.3 is 6.18 Å². The number of carbonyl (C=O) groups is 1. The highest BCUT2D eigenvalue weighted by Crippen LogP contribution is 2.36.